The number of Topliss-reactive ketones (excluding diaryl/α,β-unsaturated/α-hetero) is 1. The number of ketones is 1. The van der Waals surface area contributed by atoms with E-state index in [1.807, 2.05) is 6.92 Å². The van der Waals surface area contributed by atoms with Gasteiger partial charge in [0.2, 0.25) is 6.29 Å². The number of unbranched alkanes of at least 4 members (excludes halogenated alkanes) is 1. The number of fused-ring (bicyclic) bond motifs is 2. The van der Waals surface area contributed by atoms with Crippen LogP contribution in [0.15, 0.2) is 0 Å². The maximum atomic E-state index is 12.6. The second-order valence-corrected chi connectivity index (χ2v) is 8.69. The van der Waals surface area contributed by atoms with Gasteiger partial charge in [0.1, 0.15) is 18.3 Å². The van der Waals surface area contributed by atoms with E-state index in [1.165, 1.54) is 0 Å². The Balaban J connectivity index is -0.000000469. The van der Waals surface area contributed by atoms with Gasteiger partial charge in [-0.25, -0.2) is 0 Å². The minimum atomic E-state index is -4.67. The van der Waals surface area contributed by atoms with E-state index in [0.29, 0.717) is 6.42 Å². The summed E-state index contributed by atoms with van der Waals surface area (Å²) in [5, 5.41) is 37.8. The van der Waals surface area contributed by atoms with Gasteiger partial charge in [0, 0.05) is 6.42 Å². The van der Waals surface area contributed by atoms with Crippen molar-refractivity contribution in [2.75, 3.05) is 14.1 Å². The van der Waals surface area contributed by atoms with Gasteiger partial charge < -0.3 is 67.5 Å². The SMILES string of the molecule is CCCC[C@@H]1CC(=O)[C@]2(O)O[C@@H]3[C@@H](NC)[C@@H](O)[C@@H](NC)[C@H](O)[C@H]3O[C@@H]2O1.O.O.O.O.O.O=S(=O)(O)O. The molecule has 0 spiro atoms. The maximum Gasteiger partial charge on any atom is 0.394 e. The third kappa shape index (κ3) is 9.40. The van der Waals surface area contributed by atoms with E-state index in [-0.39, 0.29) is 39.9 Å². The van der Waals surface area contributed by atoms with Crippen molar-refractivity contribution in [1.82, 2.24) is 10.6 Å². The molecular weight excluding hydrogens is 520 g/mol. The molecule has 1 saturated carbocycles. The van der Waals surface area contributed by atoms with Crippen molar-refractivity contribution in [2.45, 2.75) is 87.3 Å². The minimum Gasteiger partial charge on any atom is -0.412 e. The Bertz CT molecular complexity index is 721. The van der Waals surface area contributed by atoms with Crippen LogP contribution in [0.5, 0.6) is 0 Å². The highest BCUT2D eigenvalue weighted by atomic mass is 32.3. The number of carbonyl (C=O) groups excluding carboxylic acids is 1. The molecule has 36 heavy (non-hydrogen) atoms. The van der Waals surface area contributed by atoms with Gasteiger partial charge in [-0.05, 0) is 20.5 Å². The Morgan fingerprint density at radius 3 is 1.89 bits per heavy atom. The van der Waals surface area contributed by atoms with E-state index in [9.17, 15) is 20.1 Å². The predicted octanol–water partition coefficient (Wildman–Crippen LogP) is -6.53. The number of hydrogen-bond acceptors (Lipinski definition) is 11. The molecule has 0 aromatic carbocycles. The number of rotatable bonds is 5. The minimum absolute atomic E-state index is 0. The molecular formula is C17H42N2O16S. The Kier molecular flexibility index (Phi) is 19.6. The largest absolute Gasteiger partial charge is 0.412 e. The molecule has 2 heterocycles. The van der Waals surface area contributed by atoms with Crippen LogP contribution in [0.25, 0.3) is 0 Å². The molecule has 2 aliphatic heterocycles. The summed E-state index contributed by atoms with van der Waals surface area (Å²) in [6, 6.07) is -1.30. The third-order valence-electron chi connectivity index (χ3n) is 5.71. The predicted molar refractivity (Wildman–Crippen MR) is 122 cm³/mol. The third-order valence-corrected chi connectivity index (χ3v) is 5.71. The van der Waals surface area contributed by atoms with Crippen molar-refractivity contribution in [1.29, 1.82) is 0 Å². The average Bonchev–Trinajstić information content (AvgIpc) is 2.66. The normalized spacial score (nSPS) is 36.8. The molecule has 3 rings (SSSR count). The van der Waals surface area contributed by atoms with Crippen LogP contribution in [0, 0.1) is 0 Å². The van der Waals surface area contributed by atoms with Gasteiger partial charge in [0.25, 0.3) is 5.79 Å². The van der Waals surface area contributed by atoms with Crippen LogP contribution >= 0.6 is 0 Å². The molecule has 3 aliphatic rings. The number of aliphatic hydroxyl groups excluding tert-OH is 2. The monoisotopic (exact) mass is 562 g/mol. The topological polar surface area (TPSA) is 362 Å². The van der Waals surface area contributed by atoms with E-state index in [4.69, 9.17) is 31.7 Å². The first kappa shape index (κ1) is 42.1. The highest BCUT2D eigenvalue weighted by molar-refractivity contribution is 7.79. The standard InChI is InChI=1S/C17H30N2O7.H2O4S.5H2O/c1-4-5-6-8-7-9(20)17(23)16(24-8)25-15-13(22)10(18-2)12(21)11(19-3)14(15)26-17;1-5(2,3)4;;;;;/h8,10-16,18-19,21-23H,4-7H2,1-3H3;(H2,1,2,3,4);5*1H2/t8-,10-,11+,12+,13+,14-,15-,16+,17+;;;;;;/m1....../s1. The fraction of sp³-hybridized carbons (Fsp3) is 0.941. The summed E-state index contributed by atoms with van der Waals surface area (Å²) in [6.45, 7) is 2.05. The maximum absolute atomic E-state index is 12.6. The van der Waals surface area contributed by atoms with Crippen LogP contribution in [0.3, 0.4) is 0 Å². The number of likely N-dealkylation sites (N-methyl/N-ethyl adjacent to an activating group) is 2. The molecule has 19 heteroatoms. The molecule has 0 aromatic heterocycles. The molecule has 0 bridgehead atoms. The summed E-state index contributed by atoms with van der Waals surface area (Å²) >= 11 is 0. The Labute approximate surface area is 208 Å². The highest BCUT2D eigenvalue weighted by Gasteiger charge is 2.63. The van der Waals surface area contributed by atoms with Crippen LogP contribution in [0.1, 0.15) is 32.6 Å². The van der Waals surface area contributed by atoms with Crippen molar-refractivity contribution < 1.29 is 79.2 Å². The number of hydrogen-bond donors (Lipinski definition) is 7. The smallest absolute Gasteiger partial charge is 0.394 e. The fourth-order valence-electron chi connectivity index (χ4n) is 4.19. The van der Waals surface area contributed by atoms with E-state index < -0.39 is 64.8 Å². The number of ether oxygens (including phenoxy) is 3. The van der Waals surface area contributed by atoms with Gasteiger partial charge in [-0.15, -0.1) is 0 Å². The van der Waals surface area contributed by atoms with Crippen LogP contribution in [0.2, 0.25) is 0 Å². The summed E-state index contributed by atoms with van der Waals surface area (Å²) in [5.74, 6) is -2.73. The summed E-state index contributed by atoms with van der Waals surface area (Å²) in [4.78, 5) is 12.6. The van der Waals surface area contributed by atoms with Gasteiger partial charge in [-0.2, -0.15) is 8.42 Å². The molecule has 17 N–H and O–H groups in total. The summed E-state index contributed by atoms with van der Waals surface area (Å²) < 4.78 is 49.0. The van der Waals surface area contributed by atoms with Crippen molar-refractivity contribution in [3.8, 4) is 0 Å². The van der Waals surface area contributed by atoms with E-state index >= 15 is 0 Å². The quantitative estimate of drug-likeness (QED) is 0.153. The molecule has 0 amide bonds. The molecule has 0 radical (unpaired) electrons. The molecule has 0 unspecified atom stereocenters. The van der Waals surface area contributed by atoms with Crippen molar-refractivity contribution in [3.63, 3.8) is 0 Å². The lowest BCUT2D eigenvalue weighted by Crippen LogP contribution is -2.77. The molecule has 1 aliphatic carbocycles. The van der Waals surface area contributed by atoms with Gasteiger partial charge in [0.15, 0.2) is 5.78 Å². The summed E-state index contributed by atoms with van der Waals surface area (Å²) in [5.41, 5.74) is 0. The second kappa shape index (κ2) is 16.8. The zero-order valence-electron chi connectivity index (χ0n) is 20.0. The van der Waals surface area contributed by atoms with Crippen LogP contribution in [-0.2, 0) is 29.4 Å². The second-order valence-electron chi connectivity index (χ2n) is 7.80. The number of carbonyl (C=O) groups is 1. The van der Waals surface area contributed by atoms with Crippen LogP contribution in [-0.4, -0.2) is 135 Å². The van der Waals surface area contributed by atoms with Crippen molar-refractivity contribution in [3.05, 3.63) is 0 Å². The molecule has 2 saturated heterocycles. The van der Waals surface area contributed by atoms with Gasteiger partial charge in [-0.3, -0.25) is 13.9 Å². The molecule has 0 aromatic rings. The first-order valence-electron chi connectivity index (χ1n) is 10.0. The first-order chi connectivity index (χ1) is 14.4. The number of nitrogens with one attached hydrogen (secondary N) is 2. The van der Waals surface area contributed by atoms with E-state index in [1.54, 1.807) is 14.1 Å². The molecule has 222 valence electrons. The zero-order chi connectivity index (χ0) is 23.6. The number of aliphatic hydroxyl groups is 3. The van der Waals surface area contributed by atoms with Crippen molar-refractivity contribution in [2.24, 2.45) is 0 Å². The van der Waals surface area contributed by atoms with Crippen molar-refractivity contribution >= 4 is 16.2 Å². The summed E-state index contributed by atoms with van der Waals surface area (Å²) in [7, 11) is -1.40. The first-order valence-corrected chi connectivity index (χ1v) is 11.4. The Morgan fingerprint density at radius 2 is 1.44 bits per heavy atom. The zero-order valence-corrected chi connectivity index (χ0v) is 20.9. The Morgan fingerprint density at radius 1 is 0.944 bits per heavy atom. The fourth-order valence-corrected chi connectivity index (χ4v) is 4.19. The lowest BCUT2D eigenvalue weighted by molar-refractivity contribution is -0.421. The van der Waals surface area contributed by atoms with Gasteiger partial charge >= 0.3 is 10.4 Å². The van der Waals surface area contributed by atoms with Gasteiger partial charge in [0.05, 0.1) is 24.3 Å². The van der Waals surface area contributed by atoms with E-state index in [0.717, 1.165) is 12.8 Å². The molecule has 18 nitrogen and oxygen atoms in total. The van der Waals surface area contributed by atoms with Gasteiger partial charge in [-0.1, -0.05) is 19.8 Å². The van der Waals surface area contributed by atoms with Crippen LogP contribution < -0.4 is 10.6 Å². The molecule has 3 fully saturated rings. The molecule has 9 atom stereocenters. The highest BCUT2D eigenvalue weighted by Crippen LogP contribution is 2.40. The average molecular weight is 563 g/mol. The van der Waals surface area contributed by atoms with E-state index in [2.05, 4.69) is 10.6 Å². The summed E-state index contributed by atoms with van der Waals surface area (Å²) in [6.07, 6.45) is -2.92. The lowest BCUT2D eigenvalue weighted by Gasteiger charge is -2.55. The van der Waals surface area contributed by atoms with Crippen LogP contribution in [0.4, 0.5) is 0 Å². The lowest BCUT2D eigenvalue weighted by atomic mass is 9.80. The Hall–Kier alpha value is -0.980.